The summed E-state index contributed by atoms with van der Waals surface area (Å²) in [6.45, 7) is 3.10. The fraction of sp³-hybridized carbons (Fsp3) is 1.00. The molecule has 0 radical (unpaired) electrons. The molecule has 0 heterocycles. The Morgan fingerprint density at radius 3 is 2.06 bits per heavy atom. The summed E-state index contributed by atoms with van der Waals surface area (Å²) in [4.78, 5) is 0. The van der Waals surface area contributed by atoms with Crippen molar-refractivity contribution in [3.05, 3.63) is 0 Å². The molecule has 0 saturated heterocycles. The third-order valence-corrected chi connectivity index (χ3v) is 2.54. The lowest BCUT2D eigenvalue weighted by molar-refractivity contribution is -0.133. The Morgan fingerprint density at radius 1 is 1.19 bits per heavy atom. The SMILES string of the molecule is CC(C)(CNCCC(F)(F)F)NS(C)(=O)=O. The van der Waals surface area contributed by atoms with Crippen molar-refractivity contribution < 1.29 is 21.6 Å². The van der Waals surface area contributed by atoms with Gasteiger partial charge in [-0.3, -0.25) is 0 Å². The average Bonchev–Trinajstić information content (AvgIpc) is 1.91. The number of nitrogens with one attached hydrogen (secondary N) is 2. The van der Waals surface area contributed by atoms with Crippen molar-refractivity contribution in [2.24, 2.45) is 0 Å². The molecule has 0 aromatic carbocycles. The van der Waals surface area contributed by atoms with E-state index < -0.39 is 28.2 Å². The van der Waals surface area contributed by atoms with Gasteiger partial charge in [0.25, 0.3) is 0 Å². The van der Waals surface area contributed by atoms with Gasteiger partial charge in [-0.15, -0.1) is 0 Å². The Labute approximate surface area is 93.7 Å². The molecule has 0 aromatic rings. The van der Waals surface area contributed by atoms with Gasteiger partial charge < -0.3 is 5.32 Å². The van der Waals surface area contributed by atoms with E-state index in [2.05, 4.69) is 10.0 Å². The minimum atomic E-state index is -4.19. The number of rotatable bonds is 6. The molecular formula is C8H17F3N2O2S. The molecule has 0 unspecified atom stereocenters. The third kappa shape index (κ3) is 10.2. The molecule has 0 spiro atoms. The molecule has 0 bridgehead atoms. The third-order valence-electron chi connectivity index (χ3n) is 1.61. The van der Waals surface area contributed by atoms with Crippen molar-refractivity contribution in [2.75, 3.05) is 19.3 Å². The van der Waals surface area contributed by atoms with Gasteiger partial charge in [-0.25, -0.2) is 13.1 Å². The topological polar surface area (TPSA) is 58.2 Å². The normalized spacial score (nSPS) is 14.1. The zero-order valence-corrected chi connectivity index (χ0v) is 10.3. The summed E-state index contributed by atoms with van der Waals surface area (Å²) in [6.07, 6.45) is -4.12. The fourth-order valence-electron chi connectivity index (χ4n) is 1.17. The summed E-state index contributed by atoms with van der Waals surface area (Å²) in [5, 5.41) is 2.56. The highest BCUT2D eigenvalue weighted by atomic mass is 32.2. The lowest BCUT2D eigenvalue weighted by Gasteiger charge is -2.25. The van der Waals surface area contributed by atoms with Crippen molar-refractivity contribution in [3.8, 4) is 0 Å². The highest BCUT2D eigenvalue weighted by molar-refractivity contribution is 7.88. The van der Waals surface area contributed by atoms with Crippen molar-refractivity contribution in [3.63, 3.8) is 0 Å². The summed E-state index contributed by atoms with van der Waals surface area (Å²) in [5.41, 5.74) is -0.806. The van der Waals surface area contributed by atoms with E-state index in [1.54, 1.807) is 13.8 Å². The average molecular weight is 262 g/mol. The molecule has 8 heteroatoms. The zero-order valence-electron chi connectivity index (χ0n) is 9.48. The van der Waals surface area contributed by atoms with Crippen molar-refractivity contribution in [1.82, 2.24) is 10.0 Å². The highest BCUT2D eigenvalue weighted by Gasteiger charge is 2.27. The van der Waals surface area contributed by atoms with E-state index in [1.165, 1.54) is 0 Å². The predicted molar refractivity (Wildman–Crippen MR) is 55.6 cm³/mol. The largest absolute Gasteiger partial charge is 0.390 e. The predicted octanol–water partition coefficient (Wildman–Crippen LogP) is 0.856. The smallest absolute Gasteiger partial charge is 0.315 e. The van der Waals surface area contributed by atoms with Gasteiger partial charge in [-0.1, -0.05) is 0 Å². The maximum atomic E-state index is 11.8. The molecule has 0 atom stereocenters. The second-order valence-electron chi connectivity index (χ2n) is 4.30. The molecule has 98 valence electrons. The maximum Gasteiger partial charge on any atom is 0.390 e. The van der Waals surface area contributed by atoms with Gasteiger partial charge in [-0.2, -0.15) is 13.2 Å². The van der Waals surface area contributed by atoms with Crippen LogP contribution in [0, 0.1) is 0 Å². The molecule has 4 nitrogen and oxygen atoms in total. The molecule has 2 N–H and O–H groups in total. The van der Waals surface area contributed by atoms with Crippen LogP contribution in [0.4, 0.5) is 13.2 Å². The molecule has 0 aliphatic carbocycles. The standard InChI is InChI=1S/C8H17F3N2O2S/c1-7(2,13-16(3,14)15)6-12-5-4-8(9,10)11/h12-13H,4-6H2,1-3H3. The van der Waals surface area contributed by atoms with Crippen molar-refractivity contribution in [1.29, 1.82) is 0 Å². The molecule has 0 aliphatic heterocycles. The number of halogens is 3. The van der Waals surface area contributed by atoms with Crippen molar-refractivity contribution in [2.45, 2.75) is 32.0 Å². The van der Waals surface area contributed by atoms with Gasteiger partial charge in [0.1, 0.15) is 0 Å². The summed E-state index contributed by atoms with van der Waals surface area (Å²) in [7, 11) is -3.36. The van der Waals surface area contributed by atoms with Crippen LogP contribution in [-0.2, 0) is 10.0 Å². The highest BCUT2D eigenvalue weighted by Crippen LogP contribution is 2.18. The number of alkyl halides is 3. The minimum absolute atomic E-state index is 0.135. The Morgan fingerprint density at radius 2 is 1.69 bits per heavy atom. The monoisotopic (exact) mass is 262 g/mol. The van der Waals surface area contributed by atoms with Crippen molar-refractivity contribution >= 4 is 10.0 Å². The van der Waals surface area contributed by atoms with Crippen LogP contribution in [0.1, 0.15) is 20.3 Å². The second kappa shape index (κ2) is 5.33. The lowest BCUT2D eigenvalue weighted by Crippen LogP contribution is -2.50. The molecule has 0 fully saturated rings. The van der Waals surface area contributed by atoms with Crippen LogP contribution in [-0.4, -0.2) is 39.5 Å². The molecule has 0 aromatic heterocycles. The molecule has 16 heavy (non-hydrogen) atoms. The molecule has 0 saturated carbocycles. The van der Waals surface area contributed by atoms with Crippen LogP contribution in [0.15, 0.2) is 0 Å². The Bertz CT molecular complexity index is 312. The van der Waals surface area contributed by atoms with E-state index in [0.717, 1.165) is 6.26 Å². The van der Waals surface area contributed by atoms with Crippen LogP contribution < -0.4 is 10.0 Å². The first kappa shape index (κ1) is 15.7. The van der Waals surface area contributed by atoms with E-state index >= 15 is 0 Å². The lowest BCUT2D eigenvalue weighted by atomic mass is 10.1. The first-order chi connectivity index (χ1) is 6.91. The first-order valence-corrected chi connectivity index (χ1v) is 6.57. The van der Waals surface area contributed by atoms with Crippen LogP contribution in [0.3, 0.4) is 0 Å². The number of hydrogen-bond donors (Lipinski definition) is 2. The number of sulfonamides is 1. The summed E-state index contributed by atoms with van der Waals surface area (Å²) in [6, 6.07) is 0. The maximum absolute atomic E-state index is 11.8. The van der Waals surface area contributed by atoms with Crippen LogP contribution >= 0.6 is 0 Å². The summed E-state index contributed by atoms with van der Waals surface area (Å²) < 4.78 is 59.5. The van der Waals surface area contributed by atoms with E-state index in [-0.39, 0.29) is 13.1 Å². The van der Waals surface area contributed by atoms with E-state index in [0.29, 0.717) is 0 Å². The molecule has 0 aliphatic rings. The van der Waals surface area contributed by atoms with Gasteiger partial charge in [0.05, 0.1) is 12.7 Å². The fourth-order valence-corrected chi connectivity index (χ4v) is 2.24. The van der Waals surface area contributed by atoms with Gasteiger partial charge >= 0.3 is 6.18 Å². The second-order valence-corrected chi connectivity index (χ2v) is 6.05. The van der Waals surface area contributed by atoms with Crippen LogP contribution in [0.5, 0.6) is 0 Å². The van der Waals surface area contributed by atoms with Gasteiger partial charge in [0.15, 0.2) is 0 Å². The van der Waals surface area contributed by atoms with Crippen LogP contribution in [0.2, 0.25) is 0 Å². The Hall–Kier alpha value is -0.340. The minimum Gasteiger partial charge on any atom is -0.315 e. The van der Waals surface area contributed by atoms with E-state index in [1.807, 2.05) is 0 Å². The van der Waals surface area contributed by atoms with Gasteiger partial charge in [0.2, 0.25) is 10.0 Å². The Balaban J connectivity index is 3.92. The van der Waals surface area contributed by atoms with E-state index in [9.17, 15) is 21.6 Å². The molecule has 0 amide bonds. The molecular weight excluding hydrogens is 245 g/mol. The Kier molecular flexibility index (Phi) is 5.21. The quantitative estimate of drug-likeness (QED) is 0.698. The van der Waals surface area contributed by atoms with E-state index in [4.69, 9.17) is 0 Å². The summed E-state index contributed by atoms with van der Waals surface area (Å²) >= 11 is 0. The van der Waals surface area contributed by atoms with Gasteiger partial charge in [0, 0.05) is 18.6 Å². The van der Waals surface area contributed by atoms with Gasteiger partial charge in [-0.05, 0) is 13.8 Å². The number of hydrogen-bond acceptors (Lipinski definition) is 3. The zero-order chi connectivity index (χ0) is 13.0. The van der Waals surface area contributed by atoms with Crippen LogP contribution in [0.25, 0.3) is 0 Å². The molecule has 0 rings (SSSR count). The first-order valence-electron chi connectivity index (χ1n) is 4.68. The summed E-state index contributed by atoms with van der Waals surface area (Å²) in [5.74, 6) is 0.